The van der Waals surface area contributed by atoms with Crippen molar-refractivity contribution in [3.8, 4) is 0 Å². The number of nitrogens with zero attached hydrogens (tertiary/aromatic N) is 1. The van der Waals surface area contributed by atoms with E-state index in [2.05, 4.69) is 0 Å². The molecule has 1 aromatic rings. The van der Waals surface area contributed by atoms with E-state index < -0.39 is 5.82 Å². The number of esters is 1. The van der Waals surface area contributed by atoms with Gasteiger partial charge in [0.25, 0.3) is 0 Å². The summed E-state index contributed by atoms with van der Waals surface area (Å²) in [7, 11) is 0. The number of benzene rings is 1. The number of ether oxygens (including phenoxy) is 1. The second-order valence-corrected chi connectivity index (χ2v) is 5.23. The van der Waals surface area contributed by atoms with Crippen molar-refractivity contribution in [2.75, 3.05) is 24.6 Å². The number of carbonyl (C=O) groups excluding carboxylic acids is 2. The Morgan fingerprint density at radius 1 is 1.43 bits per heavy atom. The second-order valence-electron chi connectivity index (χ2n) is 5.23. The largest absolute Gasteiger partial charge is 0.466 e. The van der Waals surface area contributed by atoms with Crippen LogP contribution in [0.3, 0.4) is 0 Å². The fraction of sp³-hybridized carbons (Fsp3) is 0.500. The number of Topliss-reactive ketones (excluding diaryl/α,β-unsaturated/α-hetero) is 1. The molecule has 21 heavy (non-hydrogen) atoms. The quantitative estimate of drug-likeness (QED) is 0.632. The molecule has 5 heteroatoms. The molecule has 1 atom stereocenters. The van der Waals surface area contributed by atoms with Gasteiger partial charge in [-0.1, -0.05) is 6.07 Å². The molecule has 1 heterocycles. The van der Waals surface area contributed by atoms with Gasteiger partial charge in [-0.3, -0.25) is 9.59 Å². The molecule has 2 rings (SSSR count). The standard InChI is InChI=1S/C16H20FNO3/c1-3-21-16(20)12-6-5-9-18(10-12)14-8-4-7-13(17)15(14)11(2)19/h4,7-8,12H,3,5-6,9-10H2,1-2H3. The molecule has 0 aliphatic carbocycles. The maximum absolute atomic E-state index is 13.9. The molecule has 0 radical (unpaired) electrons. The van der Waals surface area contributed by atoms with Gasteiger partial charge in [0.05, 0.1) is 23.8 Å². The number of ketones is 1. The zero-order valence-corrected chi connectivity index (χ0v) is 12.4. The van der Waals surface area contributed by atoms with Crippen molar-refractivity contribution in [1.82, 2.24) is 0 Å². The maximum atomic E-state index is 13.9. The zero-order valence-electron chi connectivity index (χ0n) is 12.4. The lowest BCUT2D eigenvalue weighted by Gasteiger charge is -2.34. The van der Waals surface area contributed by atoms with Crippen LogP contribution >= 0.6 is 0 Å². The molecule has 1 aromatic carbocycles. The van der Waals surface area contributed by atoms with Crippen LogP contribution in [0.4, 0.5) is 10.1 Å². The summed E-state index contributed by atoms with van der Waals surface area (Å²) in [5.41, 5.74) is 0.665. The first-order chi connectivity index (χ1) is 10.0. The second kappa shape index (κ2) is 6.70. The first kappa shape index (κ1) is 15.5. The molecule has 1 aliphatic rings. The Kier molecular flexibility index (Phi) is 4.94. The molecule has 0 N–H and O–H groups in total. The van der Waals surface area contributed by atoms with Crippen molar-refractivity contribution in [3.63, 3.8) is 0 Å². The minimum Gasteiger partial charge on any atom is -0.466 e. The molecule has 0 bridgehead atoms. The number of halogens is 1. The van der Waals surface area contributed by atoms with Gasteiger partial charge in [-0.25, -0.2) is 4.39 Å². The fourth-order valence-electron chi connectivity index (χ4n) is 2.77. The number of hydrogen-bond donors (Lipinski definition) is 0. The summed E-state index contributed by atoms with van der Waals surface area (Å²) in [6.45, 7) is 4.66. The van der Waals surface area contributed by atoms with E-state index in [1.807, 2.05) is 4.90 Å². The Bertz CT molecular complexity index is 544. The highest BCUT2D eigenvalue weighted by Crippen LogP contribution is 2.28. The lowest BCUT2D eigenvalue weighted by atomic mass is 9.96. The lowest BCUT2D eigenvalue weighted by molar-refractivity contribution is -0.148. The number of carbonyl (C=O) groups is 2. The number of piperidine rings is 1. The van der Waals surface area contributed by atoms with Crippen LogP contribution in [0.1, 0.15) is 37.0 Å². The van der Waals surface area contributed by atoms with Crippen LogP contribution in [0, 0.1) is 11.7 Å². The highest BCUT2D eigenvalue weighted by Gasteiger charge is 2.29. The molecule has 114 valence electrons. The van der Waals surface area contributed by atoms with E-state index in [0.717, 1.165) is 12.8 Å². The molecular formula is C16H20FNO3. The maximum Gasteiger partial charge on any atom is 0.310 e. The van der Waals surface area contributed by atoms with E-state index >= 15 is 0 Å². The third-order valence-corrected chi connectivity index (χ3v) is 3.73. The van der Waals surface area contributed by atoms with Gasteiger partial charge in [-0.15, -0.1) is 0 Å². The zero-order chi connectivity index (χ0) is 15.4. The fourth-order valence-corrected chi connectivity index (χ4v) is 2.77. The smallest absolute Gasteiger partial charge is 0.310 e. The highest BCUT2D eigenvalue weighted by molar-refractivity contribution is 6.00. The molecule has 0 spiro atoms. The minimum absolute atomic E-state index is 0.0991. The van der Waals surface area contributed by atoms with Crippen LogP contribution in [0.15, 0.2) is 18.2 Å². The first-order valence-electron chi connectivity index (χ1n) is 7.25. The average Bonchev–Trinajstić information content (AvgIpc) is 2.47. The predicted molar refractivity (Wildman–Crippen MR) is 78.0 cm³/mol. The van der Waals surface area contributed by atoms with Crippen LogP contribution in [0.25, 0.3) is 0 Å². The van der Waals surface area contributed by atoms with Gasteiger partial charge in [-0.2, -0.15) is 0 Å². The van der Waals surface area contributed by atoms with Gasteiger partial charge < -0.3 is 9.64 Å². The predicted octanol–water partition coefficient (Wildman–Crippen LogP) is 2.81. The van der Waals surface area contributed by atoms with Crippen molar-refractivity contribution in [2.24, 2.45) is 5.92 Å². The summed E-state index contributed by atoms with van der Waals surface area (Å²) in [5, 5.41) is 0. The van der Waals surface area contributed by atoms with Gasteiger partial charge in [-0.05, 0) is 38.8 Å². The summed E-state index contributed by atoms with van der Waals surface area (Å²) in [4.78, 5) is 25.5. The summed E-state index contributed by atoms with van der Waals surface area (Å²) in [6, 6.07) is 4.60. The van der Waals surface area contributed by atoms with Crippen molar-refractivity contribution < 1.29 is 18.7 Å². The van der Waals surface area contributed by atoms with Crippen LogP contribution in [0.2, 0.25) is 0 Å². The number of hydrogen-bond acceptors (Lipinski definition) is 4. The SMILES string of the molecule is CCOC(=O)C1CCCN(c2cccc(F)c2C(C)=O)C1. The normalized spacial score (nSPS) is 18.4. The summed E-state index contributed by atoms with van der Waals surface area (Å²) in [6.07, 6.45) is 1.58. The molecule has 1 fully saturated rings. The molecule has 1 saturated heterocycles. The van der Waals surface area contributed by atoms with E-state index in [-0.39, 0.29) is 23.2 Å². The molecule has 1 unspecified atom stereocenters. The van der Waals surface area contributed by atoms with Crippen molar-refractivity contribution in [2.45, 2.75) is 26.7 Å². The Balaban J connectivity index is 2.24. The number of rotatable bonds is 4. The van der Waals surface area contributed by atoms with E-state index in [9.17, 15) is 14.0 Å². The molecule has 1 aliphatic heterocycles. The topological polar surface area (TPSA) is 46.6 Å². The highest BCUT2D eigenvalue weighted by atomic mass is 19.1. The number of anilines is 1. The monoisotopic (exact) mass is 293 g/mol. The van der Waals surface area contributed by atoms with E-state index in [4.69, 9.17) is 4.74 Å². The van der Waals surface area contributed by atoms with Gasteiger partial charge in [0.2, 0.25) is 0 Å². The lowest BCUT2D eigenvalue weighted by Crippen LogP contribution is -2.40. The molecule has 0 saturated carbocycles. The van der Waals surface area contributed by atoms with Gasteiger partial charge in [0.15, 0.2) is 5.78 Å². The van der Waals surface area contributed by atoms with Crippen LogP contribution in [-0.4, -0.2) is 31.4 Å². The van der Waals surface area contributed by atoms with Gasteiger partial charge in [0, 0.05) is 13.1 Å². The molecule has 0 amide bonds. The summed E-state index contributed by atoms with van der Waals surface area (Å²) in [5.74, 6) is -1.26. The van der Waals surface area contributed by atoms with Crippen LogP contribution in [-0.2, 0) is 9.53 Å². The minimum atomic E-state index is -0.516. The first-order valence-corrected chi connectivity index (χ1v) is 7.25. The van der Waals surface area contributed by atoms with Crippen molar-refractivity contribution >= 4 is 17.4 Å². The van der Waals surface area contributed by atoms with Crippen molar-refractivity contribution in [1.29, 1.82) is 0 Å². The Morgan fingerprint density at radius 3 is 2.86 bits per heavy atom. The van der Waals surface area contributed by atoms with E-state index in [1.54, 1.807) is 19.1 Å². The van der Waals surface area contributed by atoms with Crippen molar-refractivity contribution in [3.05, 3.63) is 29.6 Å². The molecule has 0 aromatic heterocycles. The Hall–Kier alpha value is -1.91. The van der Waals surface area contributed by atoms with E-state index in [0.29, 0.717) is 25.4 Å². The van der Waals surface area contributed by atoms with Gasteiger partial charge >= 0.3 is 5.97 Å². The van der Waals surface area contributed by atoms with Crippen LogP contribution in [0.5, 0.6) is 0 Å². The summed E-state index contributed by atoms with van der Waals surface area (Å²) < 4.78 is 19.0. The Morgan fingerprint density at radius 2 is 2.19 bits per heavy atom. The third-order valence-electron chi connectivity index (χ3n) is 3.73. The van der Waals surface area contributed by atoms with Gasteiger partial charge in [0.1, 0.15) is 5.82 Å². The van der Waals surface area contributed by atoms with E-state index in [1.165, 1.54) is 13.0 Å². The molecular weight excluding hydrogens is 273 g/mol. The third kappa shape index (κ3) is 3.40. The molecule has 4 nitrogen and oxygen atoms in total. The van der Waals surface area contributed by atoms with Crippen LogP contribution < -0.4 is 4.90 Å². The summed E-state index contributed by atoms with van der Waals surface area (Å²) >= 11 is 0. The Labute approximate surface area is 123 Å². The average molecular weight is 293 g/mol.